The lowest BCUT2D eigenvalue weighted by Gasteiger charge is -2.41. The molecule has 0 radical (unpaired) electrons. The van der Waals surface area contributed by atoms with Gasteiger partial charge in [0.05, 0.1) is 0 Å². The van der Waals surface area contributed by atoms with Crippen LogP contribution in [0.15, 0.2) is 0 Å². The molecule has 3 N–H and O–H groups in total. The summed E-state index contributed by atoms with van der Waals surface area (Å²) in [5.74, 6) is -0.988. The third-order valence-corrected chi connectivity index (χ3v) is 4.40. The van der Waals surface area contributed by atoms with E-state index in [2.05, 4.69) is 17.6 Å². The van der Waals surface area contributed by atoms with Crippen molar-refractivity contribution in [2.45, 2.75) is 64.8 Å². The van der Waals surface area contributed by atoms with Gasteiger partial charge in [0.1, 0.15) is 5.54 Å². The van der Waals surface area contributed by atoms with E-state index in [9.17, 15) is 14.7 Å². The van der Waals surface area contributed by atoms with Crippen LogP contribution in [-0.2, 0) is 4.79 Å². The molecule has 0 bridgehead atoms. The lowest BCUT2D eigenvalue weighted by Crippen LogP contribution is -2.56. The highest BCUT2D eigenvalue weighted by molar-refractivity contribution is 5.85. The van der Waals surface area contributed by atoms with Gasteiger partial charge in [-0.05, 0) is 38.0 Å². The molecule has 5 heteroatoms. The molecule has 19 heavy (non-hydrogen) atoms. The summed E-state index contributed by atoms with van der Waals surface area (Å²) < 4.78 is 0. The van der Waals surface area contributed by atoms with Gasteiger partial charge in [-0.3, -0.25) is 0 Å². The highest BCUT2D eigenvalue weighted by Gasteiger charge is 2.37. The summed E-state index contributed by atoms with van der Waals surface area (Å²) in [5.41, 5.74) is -0.945. The zero-order valence-corrected chi connectivity index (χ0v) is 12.2. The summed E-state index contributed by atoms with van der Waals surface area (Å²) >= 11 is 0. The smallest absolute Gasteiger partial charge is 0.329 e. The molecule has 5 nitrogen and oxygen atoms in total. The molecule has 0 spiro atoms. The molecule has 1 atom stereocenters. The van der Waals surface area contributed by atoms with Crippen LogP contribution in [0.25, 0.3) is 0 Å². The molecule has 0 aromatic heterocycles. The Kier molecular flexibility index (Phi) is 5.20. The standard InChI is InChI=1S/C14H26N2O3/c1-4-7-13(3,11(17)18)16-12(19)15-10-14(5-2)8-6-9-14/h4-10H2,1-3H3,(H,17,18)(H2,15,16,19). The van der Waals surface area contributed by atoms with Crippen molar-refractivity contribution in [1.29, 1.82) is 0 Å². The van der Waals surface area contributed by atoms with Crippen LogP contribution in [-0.4, -0.2) is 29.2 Å². The van der Waals surface area contributed by atoms with Gasteiger partial charge in [0, 0.05) is 6.54 Å². The Morgan fingerprint density at radius 2 is 1.95 bits per heavy atom. The number of nitrogens with one attached hydrogen (secondary N) is 2. The first-order valence-corrected chi connectivity index (χ1v) is 7.17. The summed E-state index contributed by atoms with van der Waals surface area (Å²) in [6, 6.07) is -0.377. The molecule has 0 aromatic carbocycles. The molecular formula is C14H26N2O3. The fourth-order valence-corrected chi connectivity index (χ4v) is 2.62. The van der Waals surface area contributed by atoms with Gasteiger partial charge in [-0.15, -0.1) is 0 Å². The number of amides is 2. The van der Waals surface area contributed by atoms with Gasteiger partial charge in [-0.2, -0.15) is 0 Å². The number of urea groups is 1. The molecule has 2 amide bonds. The van der Waals surface area contributed by atoms with Crippen LogP contribution in [0.1, 0.15) is 59.3 Å². The second kappa shape index (κ2) is 6.26. The van der Waals surface area contributed by atoms with Crippen molar-refractivity contribution in [2.24, 2.45) is 5.41 Å². The molecule has 110 valence electrons. The molecule has 0 saturated heterocycles. The fraction of sp³-hybridized carbons (Fsp3) is 0.857. The molecule has 1 saturated carbocycles. The number of aliphatic carboxylic acids is 1. The third-order valence-electron chi connectivity index (χ3n) is 4.40. The van der Waals surface area contributed by atoms with Gasteiger partial charge in [-0.1, -0.05) is 26.7 Å². The molecule has 0 heterocycles. The third kappa shape index (κ3) is 3.85. The molecule has 1 unspecified atom stereocenters. The van der Waals surface area contributed by atoms with Crippen LogP contribution in [0, 0.1) is 5.41 Å². The maximum atomic E-state index is 11.9. The van der Waals surface area contributed by atoms with Crippen molar-refractivity contribution < 1.29 is 14.7 Å². The van der Waals surface area contributed by atoms with Crippen molar-refractivity contribution >= 4 is 12.0 Å². The predicted molar refractivity (Wildman–Crippen MR) is 74.1 cm³/mol. The quantitative estimate of drug-likeness (QED) is 0.665. The molecule has 0 aromatic rings. The van der Waals surface area contributed by atoms with Gasteiger partial charge < -0.3 is 15.7 Å². The van der Waals surface area contributed by atoms with Gasteiger partial charge in [-0.25, -0.2) is 9.59 Å². The van der Waals surface area contributed by atoms with E-state index < -0.39 is 11.5 Å². The average Bonchev–Trinajstić information content (AvgIpc) is 2.28. The monoisotopic (exact) mass is 270 g/mol. The Bertz CT molecular complexity index is 334. The first kappa shape index (κ1) is 15.8. The van der Waals surface area contributed by atoms with Crippen molar-refractivity contribution in [3.63, 3.8) is 0 Å². The lowest BCUT2D eigenvalue weighted by atomic mass is 9.67. The molecule has 1 aliphatic rings. The Balaban J connectivity index is 2.47. The van der Waals surface area contributed by atoms with Gasteiger partial charge >= 0.3 is 12.0 Å². The van der Waals surface area contributed by atoms with E-state index in [4.69, 9.17) is 0 Å². The highest BCUT2D eigenvalue weighted by atomic mass is 16.4. The predicted octanol–water partition coefficient (Wildman–Crippen LogP) is 2.51. The molecule has 1 fully saturated rings. The molecule has 1 rings (SSSR count). The maximum absolute atomic E-state index is 11.9. The SMILES string of the molecule is CCCC(C)(NC(=O)NCC1(CC)CCC1)C(=O)O. The van der Waals surface area contributed by atoms with E-state index in [0.29, 0.717) is 19.4 Å². The molecule has 1 aliphatic carbocycles. The van der Waals surface area contributed by atoms with E-state index >= 15 is 0 Å². The second-order valence-electron chi connectivity index (χ2n) is 5.90. The number of rotatable bonds is 7. The maximum Gasteiger partial charge on any atom is 0.329 e. The number of carboxylic acid groups (broad SMARTS) is 1. The number of carbonyl (C=O) groups excluding carboxylic acids is 1. The zero-order chi connectivity index (χ0) is 14.5. The number of hydrogen-bond donors (Lipinski definition) is 3. The first-order chi connectivity index (χ1) is 8.87. The summed E-state index contributed by atoms with van der Waals surface area (Å²) in [6.45, 7) is 6.23. The number of carboxylic acids is 1. The van der Waals surface area contributed by atoms with E-state index in [0.717, 1.165) is 19.3 Å². The minimum Gasteiger partial charge on any atom is -0.480 e. The Morgan fingerprint density at radius 1 is 1.32 bits per heavy atom. The van der Waals surface area contributed by atoms with E-state index in [1.165, 1.54) is 6.42 Å². The normalized spacial score (nSPS) is 19.9. The minimum atomic E-state index is -1.18. The Labute approximate surface area is 115 Å². The van der Waals surface area contributed by atoms with Crippen molar-refractivity contribution in [1.82, 2.24) is 10.6 Å². The van der Waals surface area contributed by atoms with E-state index in [-0.39, 0.29) is 11.4 Å². The van der Waals surface area contributed by atoms with Crippen LogP contribution in [0.4, 0.5) is 4.79 Å². The largest absolute Gasteiger partial charge is 0.480 e. The Hall–Kier alpha value is -1.26. The van der Waals surface area contributed by atoms with Gasteiger partial charge in [0.2, 0.25) is 0 Å². The average molecular weight is 270 g/mol. The van der Waals surface area contributed by atoms with E-state index in [1.54, 1.807) is 6.92 Å². The summed E-state index contributed by atoms with van der Waals surface area (Å²) in [6.07, 6.45) is 5.71. The van der Waals surface area contributed by atoms with Crippen molar-refractivity contribution in [3.8, 4) is 0 Å². The van der Waals surface area contributed by atoms with E-state index in [1.807, 2.05) is 6.92 Å². The lowest BCUT2D eigenvalue weighted by molar-refractivity contribution is -0.144. The van der Waals surface area contributed by atoms with Crippen LogP contribution in [0.2, 0.25) is 0 Å². The number of hydrogen-bond acceptors (Lipinski definition) is 2. The molecule has 0 aliphatic heterocycles. The topological polar surface area (TPSA) is 78.4 Å². The van der Waals surface area contributed by atoms with Crippen LogP contribution < -0.4 is 10.6 Å². The summed E-state index contributed by atoms with van der Waals surface area (Å²) in [7, 11) is 0. The summed E-state index contributed by atoms with van der Waals surface area (Å²) in [4.78, 5) is 23.1. The van der Waals surface area contributed by atoms with Gasteiger partial charge in [0.15, 0.2) is 0 Å². The first-order valence-electron chi connectivity index (χ1n) is 7.17. The van der Waals surface area contributed by atoms with Crippen molar-refractivity contribution in [3.05, 3.63) is 0 Å². The van der Waals surface area contributed by atoms with Crippen molar-refractivity contribution in [2.75, 3.05) is 6.54 Å². The van der Waals surface area contributed by atoms with Crippen LogP contribution >= 0.6 is 0 Å². The second-order valence-corrected chi connectivity index (χ2v) is 5.90. The zero-order valence-electron chi connectivity index (χ0n) is 12.2. The molecular weight excluding hydrogens is 244 g/mol. The highest BCUT2D eigenvalue weighted by Crippen LogP contribution is 2.42. The minimum absolute atomic E-state index is 0.238. The summed E-state index contributed by atoms with van der Waals surface area (Å²) in [5, 5.41) is 14.6. The van der Waals surface area contributed by atoms with Gasteiger partial charge in [0.25, 0.3) is 0 Å². The Morgan fingerprint density at radius 3 is 2.32 bits per heavy atom. The fourth-order valence-electron chi connectivity index (χ4n) is 2.62. The van der Waals surface area contributed by atoms with Crippen LogP contribution in [0.3, 0.4) is 0 Å². The van der Waals surface area contributed by atoms with Crippen LogP contribution in [0.5, 0.6) is 0 Å². The number of carbonyl (C=O) groups is 2.